The summed E-state index contributed by atoms with van der Waals surface area (Å²) in [5.41, 5.74) is 2.59. The number of aliphatic imine (C=N–C) groups is 1. The van der Waals surface area contributed by atoms with Crippen molar-refractivity contribution in [1.29, 1.82) is 0 Å². The van der Waals surface area contributed by atoms with Gasteiger partial charge in [-0.05, 0) is 69.8 Å². The molecule has 3 aromatic rings. The number of para-hydroxylation sites is 1. The number of nitrogens with one attached hydrogen (secondary N) is 3. The number of aryl methyl sites for hydroxylation is 1. The number of piperidine rings is 1. The minimum absolute atomic E-state index is 0.0771. The van der Waals surface area contributed by atoms with Gasteiger partial charge in [-0.25, -0.2) is 9.97 Å². The molecule has 2 aromatic carbocycles. The minimum atomic E-state index is 0.0771. The normalized spacial score (nSPS) is 15.4. The molecule has 198 valence electrons. The molecule has 1 atom stereocenters. The second-order valence-electron chi connectivity index (χ2n) is 9.42. The summed E-state index contributed by atoms with van der Waals surface area (Å²) < 4.78 is 12.1. The lowest BCUT2D eigenvalue weighted by Gasteiger charge is -2.29. The van der Waals surface area contributed by atoms with Gasteiger partial charge in [-0.15, -0.1) is 0 Å². The van der Waals surface area contributed by atoms with Crippen LogP contribution in [0.5, 0.6) is 11.5 Å². The van der Waals surface area contributed by atoms with Gasteiger partial charge in [0, 0.05) is 18.0 Å². The molecule has 1 saturated heterocycles. The molecular weight excluding hydrogens is 488 g/mol. The summed E-state index contributed by atoms with van der Waals surface area (Å²) in [6, 6.07) is 9.65. The number of hydrogen-bond donors (Lipinski definition) is 3. The molecule has 0 spiro atoms. The SMILES string of the molecule is CCCCN=C(Nc1c(C)cccc1Cl)Nc1ncnc2cc(OC(C)C3CCNCC3)c(OC)cc12. The monoisotopic (exact) mass is 524 g/mol. The molecule has 8 nitrogen and oxygen atoms in total. The Morgan fingerprint density at radius 1 is 1.19 bits per heavy atom. The maximum Gasteiger partial charge on any atom is 0.201 e. The first-order valence-corrected chi connectivity index (χ1v) is 13.4. The van der Waals surface area contributed by atoms with Gasteiger partial charge < -0.3 is 25.4 Å². The highest BCUT2D eigenvalue weighted by Crippen LogP contribution is 2.36. The van der Waals surface area contributed by atoms with Crippen molar-refractivity contribution >= 4 is 40.0 Å². The van der Waals surface area contributed by atoms with Crippen LogP contribution >= 0.6 is 11.6 Å². The fraction of sp³-hybridized carbons (Fsp3) is 0.464. The van der Waals surface area contributed by atoms with E-state index in [0.29, 0.717) is 40.8 Å². The lowest BCUT2D eigenvalue weighted by Crippen LogP contribution is -2.35. The van der Waals surface area contributed by atoms with Crippen LogP contribution in [0.25, 0.3) is 10.9 Å². The van der Waals surface area contributed by atoms with Crippen LogP contribution in [0.1, 0.15) is 45.1 Å². The van der Waals surface area contributed by atoms with Gasteiger partial charge in [0.15, 0.2) is 11.5 Å². The number of aromatic nitrogens is 2. The molecule has 2 heterocycles. The second kappa shape index (κ2) is 12.9. The van der Waals surface area contributed by atoms with Crippen LogP contribution in [-0.4, -0.2) is 48.8 Å². The average Bonchev–Trinajstić information content (AvgIpc) is 2.91. The molecule has 37 heavy (non-hydrogen) atoms. The summed E-state index contributed by atoms with van der Waals surface area (Å²) in [6.07, 6.45) is 5.85. The van der Waals surface area contributed by atoms with E-state index in [1.54, 1.807) is 13.4 Å². The topological polar surface area (TPSA) is 92.7 Å². The summed E-state index contributed by atoms with van der Waals surface area (Å²) in [5, 5.41) is 11.6. The average molecular weight is 525 g/mol. The molecule has 1 unspecified atom stereocenters. The molecule has 4 rings (SSSR count). The minimum Gasteiger partial charge on any atom is -0.493 e. The zero-order valence-corrected chi connectivity index (χ0v) is 22.9. The van der Waals surface area contributed by atoms with Gasteiger partial charge in [-0.3, -0.25) is 4.99 Å². The van der Waals surface area contributed by atoms with Crippen molar-refractivity contribution in [1.82, 2.24) is 15.3 Å². The van der Waals surface area contributed by atoms with E-state index >= 15 is 0 Å². The number of anilines is 2. The highest BCUT2D eigenvalue weighted by atomic mass is 35.5. The predicted octanol–water partition coefficient (Wildman–Crippen LogP) is 6.05. The standard InChI is InChI=1S/C28H37ClN6O2/c1-5-6-12-31-28(34-26-18(2)8-7-9-22(26)29)35-27-21-15-24(36-4)25(16-23(21)32-17-33-27)37-19(3)20-10-13-30-14-11-20/h7-9,15-17,19-20,30H,5-6,10-14H2,1-4H3,(H2,31,32,33,34,35). The van der Waals surface area contributed by atoms with Crippen molar-refractivity contribution in [3.63, 3.8) is 0 Å². The van der Waals surface area contributed by atoms with Gasteiger partial charge in [0.05, 0.1) is 29.4 Å². The Labute approximate surface area is 224 Å². The van der Waals surface area contributed by atoms with Crippen molar-refractivity contribution in [3.05, 3.63) is 47.2 Å². The first-order valence-electron chi connectivity index (χ1n) is 13.0. The summed E-state index contributed by atoms with van der Waals surface area (Å²) in [4.78, 5) is 13.8. The molecule has 3 N–H and O–H groups in total. The van der Waals surface area contributed by atoms with Crippen molar-refractivity contribution in [3.8, 4) is 11.5 Å². The number of benzene rings is 2. The van der Waals surface area contributed by atoms with Crippen molar-refractivity contribution in [2.45, 2.75) is 52.6 Å². The van der Waals surface area contributed by atoms with Gasteiger partial charge >= 0.3 is 0 Å². The number of guanidine groups is 1. The van der Waals surface area contributed by atoms with E-state index in [1.807, 2.05) is 37.3 Å². The second-order valence-corrected chi connectivity index (χ2v) is 9.83. The lowest BCUT2D eigenvalue weighted by molar-refractivity contribution is 0.124. The van der Waals surface area contributed by atoms with E-state index in [4.69, 9.17) is 26.1 Å². The lowest BCUT2D eigenvalue weighted by atomic mass is 9.93. The summed E-state index contributed by atoms with van der Waals surface area (Å²) in [6.45, 7) is 9.01. The molecule has 9 heteroatoms. The molecule has 0 amide bonds. The molecule has 1 aliphatic heterocycles. The van der Waals surface area contributed by atoms with Crippen molar-refractivity contribution in [2.75, 3.05) is 37.4 Å². The van der Waals surface area contributed by atoms with Crippen LogP contribution in [0.4, 0.5) is 11.5 Å². The van der Waals surface area contributed by atoms with E-state index in [-0.39, 0.29) is 6.10 Å². The molecule has 1 aromatic heterocycles. The highest BCUT2D eigenvalue weighted by molar-refractivity contribution is 6.34. The molecule has 0 bridgehead atoms. The van der Waals surface area contributed by atoms with Crippen molar-refractivity contribution in [2.24, 2.45) is 10.9 Å². The summed E-state index contributed by atoms with van der Waals surface area (Å²) >= 11 is 6.48. The van der Waals surface area contributed by atoms with Gasteiger partial charge in [-0.2, -0.15) is 0 Å². The van der Waals surface area contributed by atoms with Crippen LogP contribution in [0.3, 0.4) is 0 Å². The van der Waals surface area contributed by atoms with Crippen molar-refractivity contribution < 1.29 is 9.47 Å². The summed E-state index contributed by atoms with van der Waals surface area (Å²) in [7, 11) is 1.65. The Kier molecular flexibility index (Phi) is 9.41. The fourth-order valence-corrected chi connectivity index (χ4v) is 4.77. The van der Waals surface area contributed by atoms with E-state index < -0.39 is 0 Å². The molecule has 0 saturated carbocycles. The Hall–Kier alpha value is -3.10. The third-order valence-electron chi connectivity index (χ3n) is 6.76. The largest absolute Gasteiger partial charge is 0.493 e. The zero-order valence-electron chi connectivity index (χ0n) is 22.1. The van der Waals surface area contributed by atoms with E-state index in [1.165, 1.54) is 0 Å². The van der Waals surface area contributed by atoms with Crippen LogP contribution in [0.15, 0.2) is 41.7 Å². The number of halogens is 1. The number of nitrogens with zero attached hydrogens (tertiary/aromatic N) is 3. The molecule has 0 aliphatic carbocycles. The first-order chi connectivity index (χ1) is 18.0. The van der Waals surface area contributed by atoms with E-state index in [9.17, 15) is 0 Å². The highest BCUT2D eigenvalue weighted by Gasteiger charge is 2.23. The van der Waals surface area contributed by atoms with Gasteiger partial charge in [0.1, 0.15) is 12.1 Å². The van der Waals surface area contributed by atoms with E-state index in [0.717, 1.165) is 60.9 Å². The third-order valence-corrected chi connectivity index (χ3v) is 7.08. The van der Waals surface area contributed by atoms with Crippen LogP contribution < -0.4 is 25.4 Å². The molecule has 1 aliphatic rings. The Bertz CT molecular complexity index is 1210. The number of fused-ring (bicyclic) bond motifs is 1. The predicted molar refractivity (Wildman–Crippen MR) is 152 cm³/mol. The van der Waals surface area contributed by atoms with E-state index in [2.05, 4.69) is 39.8 Å². The van der Waals surface area contributed by atoms with Gasteiger partial charge in [-0.1, -0.05) is 37.1 Å². The number of hydrogen-bond acceptors (Lipinski definition) is 6. The third kappa shape index (κ3) is 6.81. The molecule has 1 fully saturated rings. The van der Waals surface area contributed by atoms with Gasteiger partial charge in [0.25, 0.3) is 0 Å². The zero-order chi connectivity index (χ0) is 26.2. The Morgan fingerprint density at radius 2 is 2.00 bits per heavy atom. The molecule has 0 radical (unpaired) electrons. The fourth-order valence-electron chi connectivity index (χ4n) is 4.51. The van der Waals surface area contributed by atoms with Crippen LogP contribution in [-0.2, 0) is 0 Å². The van der Waals surface area contributed by atoms with Crippen LogP contribution in [0, 0.1) is 12.8 Å². The van der Waals surface area contributed by atoms with Gasteiger partial charge in [0.2, 0.25) is 5.96 Å². The first kappa shape index (κ1) is 26.9. The maximum absolute atomic E-state index is 6.48. The number of ether oxygens (including phenoxy) is 2. The quantitative estimate of drug-likeness (QED) is 0.178. The number of rotatable bonds is 9. The number of unbranched alkanes of at least 4 members (excludes halogenated alkanes) is 1. The van der Waals surface area contributed by atoms with Crippen LogP contribution in [0.2, 0.25) is 5.02 Å². The number of methoxy groups -OCH3 is 1. The Morgan fingerprint density at radius 3 is 2.73 bits per heavy atom. The molecular formula is C28H37ClN6O2. The Balaban J connectivity index is 1.63. The maximum atomic E-state index is 6.48. The summed E-state index contributed by atoms with van der Waals surface area (Å²) in [5.74, 6) is 3.03. The smallest absolute Gasteiger partial charge is 0.201 e.